The lowest BCUT2D eigenvalue weighted by Crippen LogP contribution is -2.55. The van der Waals surface area contributed by atoms with Crippen molar-refractivity contribution < 1.29 is 24.3 Å². The number of carbonyl (C=O) groups is 4. The van der Waals surface area contributed by atoms with Gasteiger partial charge in [-0.3, -0.25) is 19.2 Å². The number of carbonyl (C=O) groups excluding carboxylic acids is 3. The molecule has 3 atom stereocenters. The van der Waals surface area contributed by atoms with Crippen molar-refractivity contribution in [3.63, 3.8) is 0 Å². The second-order valence-electron chi connectivity index (χ2n) is 6.48. The van der Waals surface area contributed by atoms with E-state index in [1.54, 1.807) is 0 Å². The van der Waals surface area contributed by atoms with E-state index in [1.165, 1.54) is 4.90 Å². The number of unbranched alkanes of at least 4 members (excludes halogenated alkanes) is 1. The maximum absolute atomic E-state index is 12.7. The van der Waals surface area contributed by atoms with Crippen LogP contribution in [0, 0.1) is 0 Å². The van der Waals surface area contributed by atoms with E-state index in [-0.39, 0.29) is 12.8 Å². The number of hydrogen-bond acceptors (Lipinski definition) is 6. The Morgan fingerprint density at radius 3 is 2.46 bits per heavy atom. The van der Waals surface area contributed by atoms with Crippen LogP contribution in [0.3, 0.4) is 0 Å². The van der Waals surface area contributed by atoms with E-state index >= 15 is 0 Å². The van der Waals surface area contributed by atoms with Crippen LogP contribution >= 0.6 is 0 Å². The van der Waals surface area contributed by atoms with E-state index in [4.69, 9.17) is 22.3 Å². The van der Waals surface area contributed by atoms with Crippen LogP contribution in [0.2, 0.25) is 0 Å². The minimum atomic E-state index is -1.09. The predicted molar refractivity (Wildman–Crippen MR) is 93.6 cm³/mol. The van der Waals surface area contributed by atoms with Crippen molar-refractivity contribution in [1.82, 2.24) is 10.2 Å². The summed E-state index contributed by atoms with van der Waals surface area (Å²) in [5.74, 6) is -2.73. The molecule has 0 aromatic carbocycles. The van der Waals surface area contributed by atoms with Gasteiger partial charge in [0.05, 0.1) is 6.04 Å². The SMILES string of the molecule is NCCCC[C@H](N)C(=O)N[C@@H](CCC(=O)O)C(=O)N1CCC[C@H]1C(N)=O. The second-order valence-corrected chi connectivity index (χ2v) is 6.48. The van der Waals surface area contributed by atoms with E-state index in [1.807, 2.05) is 0 Å². The van der Waals surface area contributed by atoms with Gasteiger partial charge in [0.25, 0.3) is 0 Å². The molecule has 10 nitrogen and oxygen atoms in total. The van der Waals surface area contributed by atoms with Crippen molar-refractivity contribution in [2.75, 3.05) is 13.1 Å². The van der Waals surface area contributed by atoms with Crippen LogP contribution < -0.4 is 22.5 Å². The third kappa shape index (κ3) is 6.60. The molecule has 1 aliphatic heterocycles. The molecular formula is C16H29N5O5. The van der Waals surface area contributed by atoms with Crippen molar-refractivity contribution in [3.05, 3.63) is 0 Å². The number of carboxylic acids is 1. The van der Waals surface area contributed by atoms with Crippen molar-refractivity contribution in [1.29, 1.82) is 0 Å². The molecule has 0 aromatic rings. The summed E-state index contributed by atoms with van der Waals surface area (Å²) in [6, 6.07) is -2.60. The zero-order valence-corrected chi connectivity index (χ0v) is 14.9. The van der Waals surface area contributed by atoms with E-state index in [0.717, 1.165) is 6.42 Å². The van der Waals surface area contributed by atoms with Crippen LogP contribution in [-0.4, -0.2) is 64.9 Å². The number of hydrogen-bond donors (Lipinski definition) is 5. The molecule has 8 N–H and O–H groups in total. The molecule has 0 spiro atoms. The summed E-state index contributed by atoms with van der Waals surface area (Å²) < 4.78 is 0. The lowest BCUT2D eigenvalue weighted by Gasteiger charge is -2.28. The van der Waals surface area contributed by atoms with Crippen LogP contribution in [0.15, 0.2) is 0 Å². The number of primary amides is 1. The van der Waals surface area contributed by atoms with Gasteiger partial charge in [-0.25, -0.2) is 0 Å². The van der Waals surface area contributed by atoms with E-state index < -0.39 is 41.8 Å². The maximum Gasteiger partial charge on any atom is 0.303 e. The number of likely N-dealkylation sites (tertiary alicyclic amines) is 1. The first-order valence-electron chi connectivity index (χ1n) is 8.85. The molecule has 0 radical (unpaired) electrons. The van der Waals surface area contributed by atoms with Gasteiger partial charge in [-0.2, -0.15) is 0 Å². The Labute approximate surface area is 152 Å². The van der Waals surface area contributed by atoms with Crippen LogP contribution in [0.25, 0.3) is 0 Å². The molecule has 1 aliphatic rings. The first-order chi connectivity index (χ1) is 12.3. The average Bonchev–Trinajstić information content (AvgIpc) is 3.07. The molecule has 148 valence electrons. The Kier molecular flexibility index (Phi) is 9.00. The second kappa shape index (κ2) is 10.7. The number of rotatable bonds is 11. The Hall–Kier alpha value is -2.20. The third-order valence-electron chi connectivity index (χ3n) is 4.43. The number of carboxylic acid groups (broad SMARTS) is 1. The summed E-state index contributed by atoms with van der Waals surface area (Å²) in [5.41, 5.74) is 16.5. The standard InChI is InChI=1S/C16H29N5O5/c17-8-2-1-4-10(18)15(25)20-11(6-7-13(22)23)16(26)21-9-3-5-12(21)14(19)24/h10-12H,1-9,17-18H2,(H2,19,24)(H,20,25)(H,22,23)/t10-,11-,12-/m0/s1. The molecule has 3 amide bonds. The summed E-state index contributed by atoms with van der Waals surface area (Å²) in [5, 5.41) is 11.4. The van der Waals surface area contributed by atoms with Crippen molar-refractivity contribution in [3.8, 4) is 0 Å². The van der Waals surface area contributed by atoms with Crippen molar-refractivity contribution >= 4 is 23.7 Å². The molecule has 1 saturated heterocycles. The highest BCUT2D eigenvalue weighted by atomic mass is 16.4. The lowest BCUT2D eigenvalue weighted by molar-refractivity contribution is -0.142. The fourth-order valence-corrected chi connectivity index (χ4v) is 2.97. The smallest absolute Gasteiger partial charge is 0.303 e. The quantitative estimate of drug-likeness (QED) is 0.267. The van der Waals surface area contributed by atoms with E-state index in [9.17, 15) is 19.2 Å². The van der Waals surface area contributed by atoms with E-state index in [0.29, 0.717) is 38.8 Å². The van der Waals surface area contributed by atoms with Crippen molar-refractivity contribution in [2.45, 2.75) is 63.1 Å². The highest BCUT2D eigenvalue weighted by Crippen LogP contribution is 2.19. The van der Waals surface area contributed by atoms with Gasteiger partial charge in [0.15, 0.2) is 0 Å². The first-order valence-corrected chi connectivity index (χ1v) is 8.85. The van der Waals surface area contributed by atoms with Gasteiger partial charge < -0.3 is 32.5 Å². The molecular weight excluding hydrogens is 342 g/mol. The highest BCUT2D eigenvalue weighted by molar-refractivity contribution is 5.93. The number of aliphatic carboxylic acids is 1. The molecule has 0 aliphatic carbocycles. The topological polar surface area (TPSA) is 182 Å². The normalized spacial score (nSPS) is 19.0. The third-order valence-corrected chi connectivity index (χ3v) is 4.43. The summed E-state index contributed by atoms with van der Waals surface area (Å²) in [6.07, 6.45) is 2.52. The zero-order chi connectivity index (χ0) is 19.7. The fraction of sp³-hybridized carbons (Fsp3) is 0.750. The average molecular weight is 371 g/mol. The summed E-state index contributed by atoms with van der Waals surface area (Å²) in [6.45, 7) is 0.839. The van der Waals surface area contributed by atoms with Gasteiger partial charge in [0.1, 0.15) is 12.1 Å². The maximum atomic E-state index is 12.7. The zero-order valence-electron chi connectivity index (χ0n) is 14.9. The van der Waals surface area contributed by atoms with Gasteiger partial charge in [0, 0.05) is 13.0 Å². The molecule has 0 saturated carbocycles. The van der Waals surface area contributed by atoms with Crippen molar-refractivity contribution in [2.24, 2.45) is 17.2 Å². The molecule has 1 rings (SSSR count). The number of nitrogens with zero attached hydrogens (tertiary/aromatic N) is 1. The number of nitrogens with two attached hydrogens (primary N) is 3. The van der Waals surface area contributed by atoms with Gasteiger partial charge >= 0.3 is 5.97 Å². The van der Waals surface area contributed by atoms with Gasteiger partial charge in [-0.15, -0.1) is 0 Å². The van der Waals surface area contributed by atoms with Gasteiger partial charge in [-0.1, -0.05) is 6.42 Å². The number of nitrogens with one attached hydrogen (secondary N) is 1. The lowest BCUT2D eigenvalue weighted by atomic mass is 10.1. The highest BCUT2D eigenvalue weighted by Gasteiger charge is 2.37. The Balaban J connectivity index is 2.77. The Morgan fingerprint density at radius 2 is 1.88 bits per heavy atom. The molecule has 10 heteroatoms. The molecule has 0 aromatic heterocycles. The molecule has 1 fully saturated rings. The Bertz CT molecular complexity index is 527. The summed E-state index contributed by atoms with van der Waals surface area (Å²) >= 11 is 0. The van der Waals surface area contributed by atoms with E-state index in [2.05, 4.69) is 5.32 Å². The minimum absolute atomic E-state index is 0.0859. The number of amides is 3. The fourth-order valence-electron chi connectivity index (χ4n) is 2.97. The molecule has 26 heavy (non-hydrogen) atoms. The molecule has 1 heterocycles. The Morgan fingerprint density at radius 1 is 1.19 bits per heavy atom. The van der Waals surface area contributed by atoms with Crippen LogP contribution in [0.1, 0.15) is 44.9 Å². The van der Waals surface area contributed by atoms with Crippen LogP contribution in [-0.2, 0) is 19.2 Å². The monoisotopic (exact) mass is 371 g/mol. The molecule has 0 unspecified atom stereocenters. The van der Waals surface area contributed by atoms with Gasteiger partial charge in [0.2, 0.25) is 17.7 Å². The largest absolute Gasteiger partial charge is 0.481 e. The summed E-state index contributed by atoms with van der Waals surface area (Å²) in [4.78, 5) is 48.7. The first kappa shape index (κ1) is 21.8. The van der Waals surface area contributed by atoms with Gasteiger partial charge in [-0.05, 0) is 38.6 Å². The predicted octanol–water partition coefficient (Wildman–Crippen LogP) is -1.73. The summed E-state index contributed by atoms with van der Waals surface area (Å²) in [7, 11) is 0. The van der Waals surface area contributed by atoms with Crippen LogP contribution in [0.4, 0.5) is 0 Å². The van der Waals surface area contributed by atoms with Crippen LogP contribution in [0.5, 0.6) is 0 Å². The molecule has 0 bridgehead atoms. The minimum Gasteiger partial charge on any atom is -0.481 e.